The van der Waals surface area contributed by atoms with Gasteiger partial charge in [0.25, 0.3) is 5.91 Å². The van der Waals surface area contributed by atoms with E-state index in [0.717, 1.165) is 0 Å². The molecule has 5 heteroatoms. The van der Waals surface area contributed by atoms with Gasteiger partial charge in [-0.2, -0.15) is 0 Å². The fourth-order valence-corrected chi connectivity index (χ4v) is 1.42. The highest BCUT2D eigenvalue weighted by atomic mass is 16.5. The molecule has 0 fully saturated rings. The van der Waals surface area contributed by atoms with Crippen LogP contribution >= 0.6 is 0 Å². The molecule has 1 amide bonds. The summed E-state index contributed by atoms with van der Waals surface area (Å²) >= 11 is 0. The van der Waals surface area contributed by atoms with Crippen LogP contribution < -0.4 is 5.32 Å². The summed E-state index contributed by atoms with van der Waals surface area (Å²) in [6, 6.07) is 8.39. The van der Waals surface area contributed by atoms with Crippen LogP contribution in [0, 0.1) is 0 Å². The standard InChI is InChI=1S/C12H15NO4/c1-3-12(17-2,11(15)16)13-10(14)9-7-5-4-6-8-9/h4-8H,3H2,1-2H3,(H,13,14)(H,15,16). The molecule has 0 aliphatic heterocycles. The lowest BCUT2D eigenvalue weighted by molar-refractivity contribution is -0.165. The number of hydrogen-bond donors (Lipinski definition) is 2. The summed E-state index contributed by atoms with van der Waals surface area (Å²) in [5.74, 6) is -1.69. The minimum absolute atomic E-state index is 0.136. The molecule has 0 aliphatic rings. The molecule has 0 aromatic heterocycles. The Hall–Kier alpha value is -1.88. The third kappa shape index (κ3) is 2.82. The van der Waals surface area contributed by atoms with Crippen LogP contribution in [0.5, 0.6) is 0 Å². The van der Waals surface area contributed by atoms with Crippen LogP contribution in [0.15, 0.2) is 30.3 Å². The van der Waals surface area contributed by atoms with Gasteiger partial charge < -0.3 is 15.2 Å². The van der Waals surface area contributed by atoms with E-state index in [9.17, 15) is 9.59 Å². The third-order valence-corrected chi connectivity index (χ3v) is 2.54. The van der Waals surface area contributed by atoms with Gasteiger partial charge in [-0.15, -0.1) is 0 Å². The predicted molar refractivity (Wildman–Crippen MR) is 61.6 cm³/mol. The van der Waals surface area contributed by atoms with Gasteiger partial charge in [-0.25, -0.2) is 4.79 Å². The van der Waals surface area contributed by atoms with Gasteiger partial charge in [-0.05, 0) is 12.1 Å². The number of methoxy groups -OCH3 is 1. The number of amides is 1. The van der Waals surface area contributed by atoms with E-state index in [1.54, 1.807) is 37.3 Å². The molecular weight excluding hydrogens is 222 g/mol. The number of carboxylic acid groups (broad SMARTS) is 1. The topological polar surface area (TPSA) is 75.6 Å². The zero-order chi connectivity index (χ0) is 12.9. The van der Waals surface area contributed by atoms with Crippen molar-refractivity contribution in [3.63, 3.8) is 0 Å². The molecule has 0 radical (unpaired) electrons. The molecule has 1 unspecified atom stereocenters. The number of carboxylic acids is 1. The SMILES string of the molecule is CCC(NC(=O)c1ccccc1)(OC)C(=O)O. The fraction of sp³-hybridized carbons (Fsp3) is 0.333. The Morgan fingerprint density at radius 2 is 1.94 bits per heavy atom. The zero-order valence-corrected chi connectivity index (χ0v) is 9.77. The molecule has 0 saturated heterocycles. The second-order valence-corrected chi connectivity index (χ2v) is 3.51. The molecule has 1 atom stereocenters. The van der Waals surface area contributed by atoms with Gasteiger partial charge in [0, 0.05) is 19.1 Å². The third-order valence-electron chi connectivity index (χ3n) is 2.54. The maximum absolute atomic E-state index is 11.8. The van der Waals surface area contributed by atoms with E-state index < -0.39 is 17.6 Å². The van der Waals surface area contributed by atoms with E-state index in [4.69, 9.17) is 9.84 Å². The van der Waals surface area contributed by atoms with Crippen molar-refractivity contribution < 1.29 is 19.4 Å². The van der Waals surface area contributed by atoms with Crippen molar-refractivity contribution in [1.29, 1.82) is 0 Å². The number of carbonyl (C=O) groups excluding carboxylic acids is 1. The summed E-state index contributed by atoms with van der Waals surface area (Å²) in [5, 5.41) is 11.5. The Labute approximate surface area is 99.4 Å². The minimum atomic E-state index is -1.67. The second-order valence-electron chi connectivity index (χ2n) is 3.51. The Morgan fingerprint density at radius 3 is 2.35 bits per heavy atom. The average molecular weight is 237 g/mol. The highest BCUT2D eigenvalue weighted by Gasteiger charge is 2.38. The molecule has 1 aromatic carbocycles. The first kappa shape index (κ1) is 13.2. The van der Waals surface area contributed by atoms with Gasteiger partial charge >= 0.3 is 5.97 Å². The normalized spacial score (nSPS) is 13.8. The Kier molecular flexibility index (Phi) is 4.23. The number of rotatable bonds is 5. The quantitative estimate of drug-likeness (QED) is 0.756. The number of aliphatic carboxylic acids is 1. The highest BCUT2D eigenvalue weighted by molar-refractivity contribution is 5.97. The van der Waals surface area contributed by atoms with Gasteiger partial charge in [0.1, 0.15) is 0 Å². The number of benzene rings is 1. The number of carbonyl (C=O) groups is 2. The fourth-order valence-electron chi connectivity index (χ4n) is 1.42. The average Bonchev–Trinajstić information content (AvgIpc) is 2.36. The maximum Gasteiger partial charge on any atom is 0.357 e. The molecule has 1 aromatic rings. The molecule has 0 heterocycles. The first-order valence-electron chi connectivity index (χ1n) is 5.22. The summed E-state index contributed by atoms with van der Waals surface area (Å²) in [6.07, 6.45) is 0.136. The van der Waals surface area contributed by atoms with E-state index in [2.05, 4.69) is 5.32 Å². The number of nitrogens with one attached hydrogen (secondary N) is 1. The summed E-state index contributed by atoms with van der Waals surface area (Å²) in [7, 11) is 1.25. The first-order valence-corrected chi connectivity index (χ1v) is 5.22. The molecular formula is C12H15NO4. The molecule has 0 saturated carbocycles. The van der Waals surface area contributed by atoms with Gasteiger partial charge in [-0.3, -0.25) is 4.79 Å². The highest BCUT2D eigenvalue weighted by Crippen LogP contribution is 2.13. The van der Waals surface area contributed by atoms with Crippen LogP contribution in [0.3, 0.4) is 0 Å². The Bertz CT molecular complexity index is 398. The lowest BCUT2D eigenvalue weighted by Gasteiger charge is -2.27. The monoisotopic (exact) mass is 237 g/mol. The number of ether oxygens (including phenoxy) is 1. The van der Waals surface area contributed by atoms with E-state index >= 15 is 0 Å². The van der Waals surface area contributed by atoms with Crippen molar-refractivity contribution >= 4 is 11.9 Å². The van der Waals surface area contributed by atoms with Crippen molar-refractivity contribution in [2.45, 2.75) is 19.1 Å². The molecule has 2 N–H and O–H groups in total. The summed E-state index contributed by atoms with van der Waals surface area (Å²) in [6.45, 7) is 1.63. The molecule has 1 rings (SSSR count). The van der Waals surface area contributed by atoms with E-state index in [1.807, 2.05) is 0 Å². The van der Waals surface area contributed by atoms with Crippen LogP contribution in [-0.2, 0) is 9.53 Å². The minimum Gasteiger partial charge on any atom is -0.478 e. The van der Waals surface area contributed by atoms with Crippen molar-refractivity contribution in [1.82, 2.24) is 5.32 Å². The van der Waals surface area contributed by atoms with E-state index in [-0.39, 0.29) is 6.42 Å². The van der Waals surface area contributed by atoms with E-state index in [0.29, 0.717) is 5.56 Å². The molecule has 5 nitrogen and oxygen atoms in total. The Balaban J connectivity index is 2.89. The zero-order valence-electron chi connectivity index (χ0n) is 9.77. The van der Waals surface area contributed by atoms with Crippen LogP contribution in [-0.4, -0.2) is 29.8 Å². The van der Waals surface area contributed by atoms with Crippen LogP contribution in [0.4, 0.5) is 0 Å². The van der Waals surface area contributed by atoms with Crippen molar-refractivity contribution in [2.75, 3.05) is 7.11 Å². The van der Waals surface area contributed by atoms with Crippen molar-refractivity contribution in [2.24, 2.45) is 0 Å². The summed E-state index contributed by atoms with van der Waals surface area (Å²) in [5.41, 5.74) is -1.28. The lowest BCUT2D eigenvalue weighted by atomic mass is 10.1. The van der Waals surface area contributed by atoms with Crippen molar-refractivity contribution in [3.8, 4) is 0 Å². The van der Waals surface area contributed by atoms with E-state index in [1.165, 1.54) is 7.11 Å². The van der Waals surface area contributed by atoms with Gasteiger partial charge in [-0.1, -0.05) is 25.1 Å². The maximum atomic E-state index is 11.8. The molecule has 17 heavy (non-hydrogen) atoms. The van der Waals surface area contributed by atoms with Crippen LogP contribution in [0.1, 0.15) is 23.7 Å². The predicted octanol–water partition coefficient (Wildman–Crippen LogP) is 1.25. The number of hydrogen-bond acceptors (Lipinski definition) is 3. The van der Waals surface area contributed by atoms with Gasteiger partial charge in [0.2, 0.25) is 5.72 Å². The largest absolute Gasteiger partial charge is 0.478 e. The van der Waals surface area contributed by atoms with Gasteiger partial charge in [0.15, 0.2) is 0 Å². The molecule has 0 aliphatic carbocycles. The first-order chi connectivity index (χ1) is 8.05. The summed E-state index contributed by atoms with van der Waals surface area (Å²) in [4.78, 5) is 22.9. The second kappa shape index (κ2) is 5.45. The van der Waals surface area contributed by atoms with Gasteiger partial charge in [0.05, 0.1) is 0 Å². The molecule has 0 bridgehead atoms. The van der Waals surface area contributed by atoms with Crippen molar-refractivity contribution in [3.05, 3.63) is 35.9 Å². The lowest BCUT2D eigenvalue weighted by Crippen LogP contribution is -2.55. The summed E-state index contributed by atoms with van der Waals surface area (Å²) < 4.78 is 4.91. The molecule has 92 valence electrons. The van der Waals surface area contributed by atoms with Crippen LogP contribution in [0.25, 0.3) is 0 Å². The molecule has 0 spiro atoms. The van der Waals surface area contributed by atoms with Crippen LogP contribution in [0.2, 0.25) is 0 Å². The smallest absolute Gasteiger partial charge is 0.357 e. The Morgan fingerprint density at radius 1 is 1.35 bits per heavy atom.